The molecule has 10 heteroatoms. The van der Waals surface area contributed by atoms with Crippen molar-refractivity contribution in [2.75, 3.05) is 26.2 Å². The average Bonchev–Trinajstić information content (AvgIpc) is 2.83. The number of likely N-dealkylation sites (tertiary alicyclic amines) is 2. The number of hydrogen-bond donors (Lipinski definition) is 0. The number of benzene rings is 2. The van der Waals surface area contributed by atoms with Crippen LogP contribution in [-0.2, 0) is 24.3 Å². The highest BCUT2D eigenvalue weighted by Gasteiger charge is 2.42. The zero-order valence-corrected chi connectivity index (χ0v) is 22.0. The first kappa shape index (κ1) is 28.5. The minimum Gasteiger partial charge on any atom is -0.300 e. The molecule has 1 unspecified atom stereocenters. The lowest BCUT2D eigenvalue weighted by Gasteiger charge is -2.48. The lowest BCUT2D eigenvalue weighted by atomic mass is 9.81. The molecule has 2 aromatic rings. The smallest absolute Gasteiger partial charge is 0.300 e. The molecule has 2 aromatic carbocycles. The van der Waals surface area contributed by atoms with E-state index in [2.05, 4.69) is 9.80 Å². The largest absolute Gasteiger partial charge is 0.416 e. The molecule has 2 aliphatic rings. The molecule has 0 saturated carbocycles. The highest BCUT2D eigenvalue weighted by molar-refractivity contribution is 6.36. The van der Waals surface area contributed by atoms with Crippen LogP contribution in [0.5, 0.6) is 0 Å². The Kier molecular flexibility index (Phi) is 8.44. The van der Waals surface area contributed by atoms with Gasteiger partial charge in [-0.25, -0.2) is 0 Å². The second-order valence-electron chi connectivity index (χ2n) is 10.3. The Labute approximate surface area is 223 Å². The number of rotatable bonds is 5. The van der Waals surface area contributed by atoms with Crippen LogP contribution in [0.25, 0.3) is 0 Å². The predicted molar refractivity (Wildman–Crippen MR) is 134 cm³/mol. The lowest BCUT2D eigenvalue weighted by molar-refractivity contribution is -0.143. The SMILES string of the molecule is CC(Cc1cc(C(F)(F)F)cc(C(F)(F)F)c1)(c1c(Cl)cccc1Cl)N1CCC(N2CCCCC2)CC1. The maximum Gasteiger partial charge on any atom is 0.416 e. The molecule has 0 bridgehead atoms. The molecule has 2 nitrogen and oxygen atoms in total. The van der Waals surface area contributed by atoms with E-state index in [0.29, 0.717) is 34.7 Å². The van der Waals surface area contributed by atoms with Crippen molar-refractivity contribution in [1.82, 2.24) is 9.80 Å². The summed E-state index contributed by atoms with van der Waals surface area (Å²) in [5.74, 6) is 0. The molecule has 204 valence electrons. The molecule has 0 aromatic heterocycles. The zero-order chi connectivity index (χ0) is 27.0. The van der Waals surface area contributed by atoms with Crippen LogP contribution in [0.1, 0.15) is 61.3 Å². The Balaban J connectivity index is 1.72. The summed E-state index contributed by atoms with van der Waals surface area (Å²) in [6, 6.07) is 7.14. The molecule has 4 rings (SSSR count). The monoisotopic (exact) mass is 566 g/mol. The van der Waals surface area contributed by atoms with Crippen LogP contribution >= 0.6 is 23.2 Å². The standard InChI is InChI=1S/C27H30Cl2F6N2/c1-25(24-22(28)6-5-7-23(24)29,37-12-8-21(9-13-37)36-10-3-2-4-11-36)17-18-14-19(26(30,31)32)16-20(15-18)27(33,34)35/h5-7,14-16,21H,2-4,8-13,17H2,1H3. The van der Waals surface area contributed by atoms with Gasteiger partial charge in [0.2, 0.25) is 0 Å². The molecule has 0 N–H and O–H groups in total. The molecule has 0 amide bonds. The zero-order valence-electron chi connectivity index (χ0n) is 20.5. The molecule has 2 aliphatic heterocycles. The summed E-state index contributed by atoms with van der Waals surface area (Å²) < 4.78 is 81.4. The second-order valence-corrected chi connectivity index (χ2v) is 11.1. The first-order valence-corrected chi connectivity index (χ1v) is 13.3. The summed E-state index contributed by atoms with van der Waals surface area (Å²) in [6.45, 7) is 5.19. The van der Waals surface area contributed by atoms with Crippen molar-refractivity contribution < 1.29 is 26.3 Å². The van der Waals surface area contributed by atoms with Gasteiger partial charge in [-0.15, -0.1) is 0 Å². The van der Waals surface area contributed by atoms with Gasteiger partial charge in [0.05, 0.1) is 16.7 Å². The van der Waals surface area contributed by atoms with Gasteiger partial charge in [-0.2, -0.15) is 26.3 Å². The summed E-state index contributed by atoms with van der Waals surface area (Å²) in [5, 5.41) is 0.660. The number of nitrogens with zero attached hydrogens (tertiary/aromatic N) is 2. The van der Waals surface area contributed by atoms with Gasteiger partial charge in [-0.3, -0.25) is 4.90 Å². The highest BCUT2D eigenvalue weighted by atomic mass is 35.5. The molecule has 2 saturated heterocycles. The summed E-state index contributed by atoms with van der Waals surface area (Å²) in [5.41, 5.74) is -3.22. The Morgan fingerprint density at radius 3 is 1.78 bits per heavy atom. The Morgan fingerprint density at radius 1 is 0.784 bits per heavy atom. The topological polar surface area (TPSA) is 6.48 Å². The minimum absolute atomic E-state index is 0.0706. The van der Waals surface area contributed by atoms with E-state index >= 15 is 0 Å². The van der Waals surface area contributed by atoms with Crippen molar-refractivity contribution in [2.45, 2.75) is 69.4 Å². The van der Waals surface area contributed by atoms with Crippen LogP contribution in [0.15, 0.2) is 36.4 Å². The fraction of sp³-hybridized carbons (Fsp3) is 0.556. The van der Waals surface area contributed by atoms with Crippen LogP contribution < -0.4 is 0 Å². The second kappa shape index (κ2) is 10.9. The van der Waals surface area contributed by atoms with Crippen LogP contribution in [0.3, 0.4) is 0 Å². The minimum atomic E-state index is -4.92. The molecule has 0 radical (unpaired) electrons. The number of piperidine rings is 2. The van der Waals surface area contributed by atoms with E-state index in [1.54, 1.807) is 18.2 Å². The first-order chi connectivity index (χ1) is 17.3. The van der Waals surface area contributed by atoms with Crippen molar-refractivity contribution in [3.05, 3.63) is 68.7 Å². The maximum atomic E-state index is 13.6. The van der Waals surface area contributed by atoms with Gasteiger partial charge in [0.15, 0.2) is 0 Å². The van der Waals surface area contributed by atoms with E-state index in [4.69, 9.17) is 23.2 Å². The van der Waals surface area contributed by atoms with Gasteiger partial charge in [0.25, 0.3) is 0 Å². The van der Waals surface area contributed by atoms with Crippen molar-refractivity contribution in [1.29, 1.82) is 0 Å². The van der Waals surface area contributed by atoms with E-state index < -0.39 is 29.0 Å². The number of halogens is 8. The van der Waals surface area contributed by atoms with Crippen LogP contribution in [0, 0.1) is 0 Å². The van der Waals surface area contributed by atoms with Crippen LogP contribution in [0.2, 0.25) is 10.0 Å². The van der Waals surface area contributed by atoms with E-state index in [9.17, 15) is 26.3 Å². The number of hydrogen-bond acceptors (Lipinski definition) is 2. The van der Waals surface area contributed by atoms with Gasteiger partial charge < -0.3 is 4.90 Å². The van der Waals surface area contributed by atoms with Crippen molar-refractivity contribution in [3.63, 3.8) is 0 Å². The molecule has 2 heterocycles. The third-order valence-electron chi connectivity index (χ3n) is 7.77. The van der Waals surface area contributed by atoms with Crippen molar-refractivity contribution in [2.24, 2.45) is 0 Å². The molecule has 0 aliphatic carbocycles. The third-order valence-corrected chi connectivity index (χ3v) is 8.40. The van der Waals surface area contributed by atoms with Crippen LogP contribution in [-0.4, -0.2) is 42.0 Å². The van der Waals surface area contributed by atoms with E-state index in [1.165, 1.54) is 19.3 Å². The van der Waals surface area contributed by atoms with E-state index in [0.717, 1.165) is 38.1 Å². The Bertz CT molecular complexity index is 1040. The van der Waals surface area contributed by atoms with Crippen LogP contribution in [0.4, 0.5) is 26.3 Å². The first-order valence-electron chi connectivity index (χ1n) is 12.5. The quantitative estimate of drug-likeness (QED) is 0.335. The normalized spacial score (nSPS) is 20.7. The number of alkyl halides is 6. The highest BCUT2D eigenvalue weighted by Crippen LogP contribution is 2.44. The van der Waals surface area contributed by atoms with Gasteiger partial charge in [-0.1, -0.05) is 35.7 Å². The predicted octanol–water partition coefficient (Wildman–Crippen LogP) is 8.44. The molecule has 1 atom stereocenters. The van der Waals surface area contributed by atoms with Crippen molar-refractivity contribution >= 4 is 23.2 Å². The fourth-order valence-corrected chi connectivity index (χ4v) is 6.70. The molecular weight excluding hydrogens is 537 g/mol. The summed E-state index contributed by atoms with van der Waals surface area (Å²) >= 11 is 13.2. The van der Waals surface area contributed by atoms with Gasteiger partial charge in [0, 0.05) is 34.7 Å². The summed E-state index contributed by atoms with van der Waals surface area (Å²) in [7, 11) is 0. The fourth-order valence-electron chi connectivity index (χ4n) is 5.90. The van der Waals surface area contributed by atoms with Gasteiger partial charge >= 0.3 is 12.4 Å². The van der Waals surface area contributed by atoms with Gasteiger partial charge in [-0.05, 0) is 88.0 Å². The molecule has 2 fully saturated rings. The molecular formula is C27H30Cl2F6N2. The maximum absolute atomic E-state index is 13.6. The van der Waals surface area contributed by atoms with Gasteiger partial charge in [0.1, 0.15) is 0 Å². The lowest BCUT2D eigenvalue weighted by Crippen LogP contribution is -2.53. The van der Waals surface area contributed by atoms with Crippen molar-refractivity contribution in [3.8, 4) is 0 Å². The average molecular weight is 567 g/mol. The Morgan fingerprint density at radius 2 is 1.30 bits per heavy atom. The van der Waals surface area contributed by atoms with E-state index in [1.807, 2.05) is 6.92 Å². The summed E-state index contributed by atoms with van der Waals surface area (Å²) in [4.78, 5) is 4.62. The molecule has 37 heavy (non-hydrogen) atoms. The molecule has 0 spiro atoms. The summed E-state index contributed by atoms with van der Waals surface area (Å²) in [6.07, 6.45) is -4.66. The Hall–Kier alpha value is -1.48. The third kappa shape index (κ3) is 6.40. The van der Waals surface area contributed by atoms with E-state index in [-0.39, 0.29) is 18.1 Å².